The number of pyridine rings is 1. The molecule has 11 heteroatoms. The van der Waals surface area contributed by atoms with Crippen LogP contribution in [0.3, 0.4) is 0 Å². The first-order valence-corrected chi connectivity index (χ1v) is 9.69. The summed E-state index contributed by atoms with van der Waals surface area (Å²) in [4.78, 5) is 28.5. The van der Waals surface area contributed by atoms with Crippen molar-refractivity contribution in [2.24, 2.45) is 0 Å². The van der Waals surface area contributed by atoms with E-state index in [0.717, 1.165) is 5.56 Å². The van der Waals surface area contributed by atoms with Gasteiger partial charge in [-0.05, 0) is 43.3 Å². The number of ether oxygens (including phenoxy) is 1. The van der Waals surface area contributed by atoms with Crippen molar-refractivity contribution in [1.82, 2.24) is 25.1 Å². The zero-order valence-electron chi connectivity index (χ0n) is 16.3. The average Bonchev–Trinajstić information content (AvgIpc) is 3.40. The minimum absolute atomic E-state index is 0.0614. The molecule has 0 fully saturated rings. The molecule has 0 spiro atoms. The number of aromatic nitrogens is 4. The number of esters is 1. The Morgan fingerprint density at radius 2 is 2.03 bits per heavy atom. The fraction of sp³-hybridized carbons (Fsp3) is 0.150. The van der Waals surface area contributed by atoms with Gasteiger partial charge >= 0.3 is 12.0 Å². The van der Waals surface area contributed by atoms with Crippen molar-refractivity contribution in [2.75, 3.05) is 11.9 Å². The maximum absolute atomic E-state index is 12.3. The van der Waals surface area contributed by atoms with Crippen LogP contribution in [-0.4, -0.2) is 38.4 Å². The zero-order chi connectivity index (χ0) is 21.8. The van der Waals surface area contributed by atoms with E-state index in [1.807, 2.05) is 0 Å². The van der Waals surface area contributed by atoms with Gasteiger partial charge in [-0.3, -0.25) is 0 Å². The summed E-state index contributed by atoms with van der Waals surface area (Å²) in [6, 6.07) is 9.77. The summed E-state index contributed by atoms with van der Waals surface area (Å²) < 4.78 is 11.7. The molecular weight excluding hydrogens is 424 g/mol. The van der Waals surface area contributed by atoms with Crippen LogP contribution >= 0.6 is 11.6 Å². The molecule has 0 unspecified atom stereocenters. The molecule has 2 N–H and O–H groups in total. The third-order valence-corrected chi connectivity index (χ3v) is 4.49. The van der Waals surface area contributed by atoms with Crippen LogP contribution in [0.2, 0.25) is 5.02 Å². The summed E-state index contributed by atoms with van der Waals surface area (Å²) in [6.45, 7) is 2.04. The van der Waals surface area contributed by atoms with Crippen LogP contribution in [0.25, 0.3) is 17.0 Å². The molecule has 3 aromatic heterocycles. The van der Waals surface area contributed by atoms with Gasteiger partial charge in [0.15, 0.2) is 5.82 Å². The lowest BCUT2D eigenvalue weighted by Gasteiger charge is -2.07. The van der Waals surface area contributed by atoms with E-state index < -0.39 is 12.0 Å². The lowest BCUT2D eigenvalue weighted by atomic mass is 10.2. The van der Waals surface area contributed by atoms with E-state index >= 15 is 0 Å². The van der Waals surface area contributed by atoms with Crippen LogP contribution in [-0.2, 0) is 11.3 Å². The second-order valence-electron chi connectivity index (χ2n) is 6.35. The fourth-order valence-corrected chi connectivity index (χ4v) is 2.92. The minimum atomic E-state index is -0.479. The summed E-state index contributed by atoms with van der Waals surface area (Å²) >= 11 is 5.87. The third-order valence-electron chi connectivity index (χ3n) is 4.24. The molecule has 3 heterocycles. The predicted octanol–water partition coefficient (Wildman–Crippen LogP) is 3.54. The molecule has 0 saturated carbocycles. The topological polar surface area (TPSA) is 124 Å². The number of nitrogens with one attached hydrogen (secondary N) is 2. The lowest BCUT2D eigenvalue weighted by Crippen LogP contribution is -2.28. The molecule has 2 amide bonds. The largest absolute Gasteiger partial charge is 0.462 e. The van der Waals surface area contributed by atoms with E-state index in [-0.39, 0.29) is 13.2 Å². The minimum Gasteiger partial charge on any atom is -0.462 e. The van der Waals surface area contributed by atoms with Gasteiger partial charge in [-0.15, -0.1) is 0 Å². The number of hydrogen-bond donors (Lipinski definition) is 2. The molecule has 10 nitrogen and oxygen atoms in total. The van der Waals surface area contributed by atoms with Gasteiger partial charge in [-0.25, -0.2) is 14.1 Å². The number of nitrogens with zero attached hydrogens (tertiary/aromatic N) is 4. The summed E-state index contributed by atoms with van der Waals surface area (Å²) in [7, 11) is 0. The van der Waals surface area contributed by atoms with Crippen molar-refractivity contribution in [3.05, 3.63) is 65.2 Å². The number of amides is 2. The number of anilines is 1. The molecule has 0 saturated heterocycles. The van der Waals surface area contributed by atoms with Crippen LogP contribution in [0.1, 0.15) is 23.1 Å². The first kappa shape index (κ1) is 20.4. The molecule has 31 heavy (non-hydrogen) atoms. The van der Waals surface area contributed by atoms with Crippen molar-refractivity contribution in [2.45, 2.75) is 13.5 Å². The standard InChI is InChI=1S/C20H17ClN6O4/c1-2-30-19(28)15-10-23-27-8-7-14(9-16(15)27)24-20(29)22-11-17-25-18(31-26-17)12-3-5-13(21)6-4-12/h3-10H,2,11H2,1H3,(H2,22,24,29). The maximum Gasteiger partial charge on any atom is 0.341 e. The van der Waals surface area contributed by atoms with E-state index in [4.69, 9.17) is 20.9 Å². The second kappa shape index (κ2) is 8.84. The Labute approximate surface area is 181 Å². The highest BCUT2D eigenvalue weighted by Crippen LogP contribution is 2.20. The van der Waals surface area contributed by atoms with Crippen molar-refractivity contribution >= 4 is 34.8 Å². The van der Waals surface area contributed by atoms with Crippen LogP contribution in [0, 0.1) is 0 Å². The first-order valence-electron chi connectivity index (χ1n) is 9.31. The molecule has 0 aliphatic carbocycles. The van der Waals surface area contributed by atoms with E-state index in [1.165, 1.54) is 10.7 Å². The Balaban J connectivity index is 1.39. The highest BCUT2D eigenvalue weighted by Gasteiger charge is 2.15. The average molecular weight is 441 g/mol. The van der Waals surface area contributed by atoms with Crippen molar-refractivity contribution < 1.29 is 18.8 Å². The summed E-state index contributed by atoms with van der Waals surface area (Å²) in [5.41, 5.74) is 2.03. The smallest absolute Gasteiger partial charge is 0.341 e. The first-order chi connectivity index (χ1) is 15.0. The van der Waals surface area contributed by atoms with Crippen LogP contribution in [0.15, 0.2) is 53.3 Å². The number of fused-ring (bicyclic) bond motifs is 1. The van der Waals surface area contributed by atoms with Crippen LogP contribution in [0.5, 0.6) is 0 Å². The molecule has 0 aliphatic rings. The normalized spacial score (nSPS) is 10.8. The van der Waals surface area contributed by atoms with Crippen molar-refractivity contribution in [1.29, 1.82) is 0 Å². The van der Waals surface area contributed by atoms with Crippen molar-refractivity contribution in [3.63, 3.8) is 0 Å². The SMILES string of the molecule is CCOC(=O)c1cnn2ccc(NC(=O)NCc3noc(-c4ccc(Cl)cc4)n3)cc12. The van der Waals surface area contributed by atoms with Gasteiger partial charge in [0.2, 0.25) is 0 Å². The van der Waals surface area contributed by atoms with Gasteiger partial charge in [0.1, 0.15) is 5.56 Å². The number of carbonyl (C=O) groups is 2. The Kier molecular flexibility index (Phi) is 5.80. The van der Waals surface area contributed by atoms with Gasteiger partial charge in [0.25, 0.3) is 5.89 Å². The monoisotopic (exact) mass is 440 g/mol. The number of urea groups is 1. The highest BCUT2D eigenvalue weighted by atomic mass is 35.5. The molecule has 4 rings (SSSR count). The van der Waals surface area contributed by atoms with Gasteiger partial charge in [-0.1, -0.05) is 16.8 Å². The van der Waals surface area contributed by atoms with Crippen LogP contribution < -0.4 is 10.6 Å². The predicted molar refractivity (Wildman–Crippen MR) is 112 cm³/mol. The van der Waals surface area contributed by atoms with Gasteiger partial charge in [0.05, 0.1) is 24.9 Å². The Bertz CT molecular complexity index is 1230. The van der Waals surface area contributed by atoms with Crippen molar-refractivity contribution in [3.8, 4) is 11.5 Å². The number of rotatable bonds is 6. The van der Waals surface area contributed by atoms with Crippen LogP contribution in [0.4, 0.5) is 10.5 Å². The van der Waals surface area contributed by atoms with E-state index in [1.54, 1.807) is 49.5 Å². The molecule has 4 aromatic rings. The van der Waals surface area contributed by atoms with Gasteiger partial charge < -0.3 is 19.9 Å². The molecule has 0 radical (unpaired) electrons. The Morgan fingerprint density at radius 3 is 2.81 bits per heavy atom. The van der Waals surface area contributed by atoms with Gasteiger partial charge in [-0.2, -0.15) is 10.1 Å². The van der Waals surface area contributed by atoms with E-state index in [2.05, 4.69) is 25.9 Å². The maximum atomic E-state index is 12.3. The third kappa shape index (κ3) is 4.64. The van der Waals surface area contributed by atoms with Gasteiger partial charge in [0, 0.05) is 22.5 Å². The number of halogens is 1. The molecule has 1 aromatic carbocycles. The van der Waals surface area contributed by atoms with E-state index in [0.29, 0.717) is 33.5 Å². The lowest BCUT2D eigenvalue weighted by molar-refractivity contribution is 0.0528. The summed E-state index contributed by atoms with van der Waals surface area (Å²) in [6.07, 6.45) is 3.05. The molecular formula is C20H17ClN6O4. The Morgan fingerprint density at radius 1 is 1.23 bits per heavy atom. The summed E-state index contributed by atoms with van der Waals surface area (Å²) in [5.74, 6) is 0.162. The highest BCUT2D eigenvalue weighted by molar-refractivity contribution is 6.30. The quantitative estimate of drug-likeness (QED) is 0.439. The fourth-order valence-electron chi connectivity index (χ4n) is 2.79. The Hall–Kier alpha value is -3.92. The molecule has 0 atom stereocenters. The second-order valence-corrected chi connectivity index (χ2v) is 6.79. The molecule has 0 bridgehead atoms. The zero-order valence-corrected chi connectivity index (χ0v) is 17.1. The number of benzene rings is 1. The summed E-state index contributed by atoms with van der Waals surface area (Å²) in [5, 5.41) is 13.9. The molecule has 158 valence electrons. The molecule has 0 aliphatic heterocycles. The number of carbonyl (C=O) groups excluding carboxylic acids is 2. The van der Waals surface area contributed by atoms with E-state index in [9.17, 15) is 9.59 Å². The number of hydrogen-bond acceptors (Lipinski definition) is 7.